The van der Waals surface area contributed by atoms with E-state index in [4.69, 9.17) is 0 Å². The topological polar surface area (TPSA) is 23.5 Å². The smallest absolute Gasteiger partial charge is 0.0449 e. The van der Waals surface area contributed by atoms with E-state index < -0.39 is 0 Å². The molecule has 19 heavy (non-hydrogen) atoms. The van der Waals surface area contributed by atoms with Gasteiger partial charge in [0.15, 0.2) is 0 Å². The van der Waals surface area contributed by atoms with Gasteiger partial charge in [0.1, 0.15) is 0 Å². The number of aliphatic hydroxyl groups excluding tert-OH is 1. The lowest BCUT2D eigenvalue weighted by atomic mass is 9.83. The quantitative estimate of drug-likeness (QED) is 0.878. The summed E-state index contributed by atoms with van der Waals surface area (Å²) in [4.78, 5) is 2.21. The Morgan fingerprint density at radius 3 is 2.26 bits per heavy atom. The molecule has 0 spiro atoms. The van der Waals surface area contributed by atoms with Gasteiger partial charge in [0.05, 0.1) is 0 Å². The Morgan fingerprint density at radius 1 is 1.21 bits per heavy atom. The first kappa shape index (κ1) is 16.2. The summed E-state index contributed by atoms with van der Waals surface area (Å²) < 4.78 is 0. The molecule has 0 bridgehead atoms. The van der Waals surface area contributed by atoms with Crippen LogP contribution in [0, 0.1) is 0 Å². The first-order valence-corrected chi connectivity index (χ1v) is 7.21. The van der Waals surface area contributed by atoms with E-state index in [0.29, 0.717) is 6.04 Å². The highest BCUT2D eigenvalue weighted by atomic mass is 16.3. The zero-order valence-electron chi connectivity index (χ0n) is 13.3. The van der Waals surface area contributed by atoms with Gasteiger partial charge in [-0.05, 0) is 49.0 Å². The summed E-state index contributed by atoms with van der Waals surface area (Å²) in [5, 5.41) is 9.31. The first-order chi connectivity index (χ1) is 8.81. The molecule has 0 saturated carbocycles. The Kier molecular flexibility index (Phi) is 5.57. The second-order valence-electron chi connectivity index (χ2n) is 6.51. The van der Waals surface area contributed by atoms with E-state index in [-0.39, 0.29) is 12.0 Å². The van der Waals surface area contributed by atoms with Gasteiger partial charge in [-0.1, -0.05) is 45.9 Å². The Balaban J connectivity index is 3.28. The zero-order valence-corrected chi connectivity index (χ0v) is 13.3. The molecular weight excluding hydrogens is 234 g/mol. The monoisotopic (exact) mass is 263 g/mol. The third kappa shape index (κ3) is 4.05. The first-order valence-electron chi connectivity index (χ1n) is 7.21. The minimum absolute atomic E-state index is 0.164. The lowest BCUT2D eigenvalue weighted by Crippen LogP contribution is -2.23. The molecule has 0 saturated heterocycles. The molecule has 1 aromatic carbocycles. The molecule has 0 fully saturated rings. The van der Waals surface area contributed by atoms with Crippen LogP contribution in [0.25, 0.3) is 0 Å². The van der Waals surface area contributed by atoms with Crippen molar-refractivity contribution in [3.8, 4) is 0 Å². The predicted octanol–water partition coefficient (Wildman–Crippen LogP) is 3.53. The summed E-state index contributed by atoms with van der Waals surface area (Å²) >= 11 is 0. The molecule has 0 aliphatic carbocycles. The van der Waals surface area contributed by atoms with Gasteiger partial charge in [0.25, 0.3) is 0 Å². The Hall–Kier alpha value is -0.860. The molecule has 1 aromatic rings. The van der Waals surface area contributed by atoms with Gasteiger partial charge in [-0.2, -0.15) is 0 Å². The minimum Gasteiger partial charge on any atom is -0.396 e. The maximum Gasteiger partial charge on any atom is 0.0449 e. The third-order valence-corrected chi connectivity index (χ3v) is 3.78. The molecule has 2 heteroatoms. The molecule has 1 unspecified atom stereocenters. The molecule has 2 nitrogen and oxygen atoms in total. The van der Waals surface area contributed by atoms with Crippen LogP contribution in [0.15, 0.2) is 18.2 Å². The van der Waals surface area contributed by atoms with E-state index >= 15 is 0 Å². The molecule has 108 valence electrons. The summed E-state index contributed by atoms with van der Waals surface area (Å²) in [6, 6.07) is 7.12. The molecule has 0 aromatic heterocycles. The second-order valence-corrected chi connectivity index (χ2v) is 6.51. The molecule has 1 rings (SSSR count). The maximum absolute atomic E-state index is 9.31. The van der Waals surface area contributed by atoms with Crippen LogP contribution in [0.5, 0.6) is 0 Å². The average Bonchev–Trinajstić information content (AvgIpc) is 2.33. The normalized spacial score (nSPS) is 13.9. The highest BCUT2D eigenvalue weighted by Gasteiger charge is 2.20. The van der Waals surface area contributed by atoms with Crippen molar-refractivity contribution in [2.45, 2.75) is 52.0 Å². The molecule has 0 aliphatic rings. The van der Waals surface area contributed by atoms with Gasteiger partial charge in [-0.3, -0.25) is 0 Å². The van der Waals surface area contributed by atoms with Crippen LogP contribution >= 0.6 is 0 Å². The van der Waals surface area contributed by atoms with Gasteiger partial charge in [0, 0.05) is 12.6 Å². The highest BCUT2D eigenvalue weighted by molar-refractivity contribution is 5.37. The van der Waals surface area contributed by atoms with Gasteiger partial charge in [-0.15, -0.1) is 0 Å². The number of hydrogen-bond acceptors (Lipinski definition) is 2. The number of rotatable bonds is 5. The van der Waals surface area contributed by atoms with Crippen LogP contribution in [0.3, 0.4) is 0 Å². The van der Waals surface area contributed by atoms with E-state index in [1.54, 1.807) is 0 Å². The van der Waals surface area contributed by atoms with Crippen molar-refractivity contribution in [2.24, 2.45) is 0 Å². The molecule has 0 amide bonds. The molecular formula is C17H29NO. The van der Waals surface area contributed by atoms with E-state index in [0.717, 1.165) is 12.8 Å². The average molecular weight is 263 g/mol. The molecule has 1 atom stereocenters. The standard InChI is InChI=1S/C17H29NO/c1-7-13-8-9-14(17(2,3)4)12-15(13)16(10-11-19)18(5)6/h8-9,12,16,19H,7,10-11H2,1-6H3. The minimum atomic E-state index is 0.164. The molecule has 0 aliphatic heterocycles. The summed E-state index contributed by atoms with van der Waals surface area (Å²) in [5.74, 6) is 0. The summed E-state index contributed by atoms with van der Waals surface area (Å²) in [6.07, 6.45) is 1.82. The fraction of sp³-hybridized carbons (Fsp3) is 0.647. The van der Waals surface area contributed by atoms with Crippen molar-refractivity contribution in [3.05, 3.63) is 34.9 Å². The third-order valence-electron chi connectivity index (χ3n) is 3.78. The van der Waals surface area contributed by atoms with Crippen LogP contribution < -0.4 is 0 Å². The van der Waals surface area contributed by atoms with E-state index in [1.165, 1.54) is 16.7 Å². The van der Waals surface area contributed by atoms with Crippen LogP contribution in [0.4, 0.5) is 0 Å². The Labute approximate surface area is 118 Å². The van der Waals surface area contributed by atoms with Crippen LogP contribution in [-0.2, 0) is 11.8 Å². The van der Waals surface area contributed by atoms with Crippen molar-refractivity contribution in [2.75, 3.05) is 20.7 Å². The van der Waals surface area contributed by atoms with Crippen LogP contribution in [0.2, 0.25) is 0 Å². The number of nitrogens with zero attached hydrogens (tertiary/aromatic N) is 1. The summed E-state index contributed by atoms with van der Waals surface area (Å²) in [7, 11) is 4.17. The van der Waals surface area contributed by atoms with E-state index in [1.807, 2.05) is 0 Å². The lowest BCUT2D eigenvalue weighted by Gasteiger charge is -2.29. The fourth-order valence-corrected chi connectivity index (χ4v) is 2.51. The molecule has 0 radical (unpaired) electrons. The van der Waals surface area contributed by atoms with Crippen molar-refractivity contribution in [3.63, 3.8) is 0 Å². The van der Waals surface area contributed by atoms with E-state index in [2.05, 4.69) is 64.9 Å². The Morgan fingerprint density at radius 2 is 1.84 bits per heavy atom. The lowest BCUT2D eigenvalue weighted by molar-refractivity contribution is 0.210. The highest BCUT2D eigenvalue weighted by Crippen LogP contribution is 2.31. The maximum atomic E-state index is 9.31. The Bertz CT molecular complexity index is 404. The largest absolute Gasteiger partial charge is 0.396 e. The van der Waals surface area contributed by atoms with Crippen molar-refractivity contribution < 1.29 is 5.11 Å². The number of aryl methyl sites for hydroxylation is 1. The predicted molar refractivity (Wildman–Crippen MR) is 82.7 cm³/mol. The number of aliphatic hydroxyl groups is 1. The van der Waals surface area contributed by atoms with Crippen molar-refractivity contribution in [1.82, 2.24) is 4.90 Å². The van der Waals surface area contributed by atoms with E-state index in [9.17, 15) is 5.11 Å². The number of hydrogen-bond donors (Lipinski definition) is 1. The van der Waals surface area contributed by atoms with Gasteiger partial charge in [-0.25, -0.2) is 0 Å². The SMILES string of the molecule is CCc1ccc(C(C)(C)C)cc1C(CCO)N(C)C. The molecule has 0 heterocycles. The van der Waals surface area contributed by atoms with Gasteiger partial charge in [0.2, 0.25) is 0 Å². The van der Waals surface area contributed by atoms with Crippen molar-refractivity contribution >= 4 is 0 Å². The summed E-state index contributed by atoms with van der Waals surface area (Å²) in [6.45, 7) is 9.16. The summed E-state index contributed by atoms with van der Waals surface area (Å²) in [5.41, 5.74) is 4.29. The van der Waals surface area contributed by atoms with Gasteiger partial charge >= 0.3 is 0 Å². The van der Waals surface area contributed by atoms with Gasteiger partial charge < -0.3 is 10.0 Å². The fourth-order valence-electron chi connectivity index (χ4n) is 2.51. The second kappa shape index (κ2) is 6.53. The number of benzene rings is 1. The van der Waals surface area contributed by atoms with Crippen LogP contribution in [0.1, 0.15) is 56.8 Å². The molecule has 1 N–H and O–H groups in total. The van der Waals surface area contributed by atoms with Crippen LogP contribution in [-0.4, -0.2) is 30.7 Å². The van der Waals surface area contributed by atoms with Crippen molar-refractivity contribution in [1.29, 1.82) is 0 Å². The zero-order chi connectivity index (χ0) is 14.6.